The number of likely N-dealkylation sites (tertiary alicyclic amines) is 1. The zero-order valence-electron chi connectivity index (χ0n) is 14.6. The molecule has 1 aliphatic heterocycles. The van der Waals surface area contributed by atoms with Crippen LogP contribution in [0.25, 0.3) is 11.3 Å². The Morgan fingerprint density at radius 1 is 1.35 bits per heavy atom. The number of nitrogens with zero attached hydrogens (tertiary/aromatic N) is 2. The van der Waals surface area contributed by atoms with Gasteiger partial charge in [0.05, 0.1) is 18.5 Å². The van der Waals surface area contributed by atoms with Crippen molar-refractivity contribution in [2.45, 2.75) is 18.8 Å². The second-order valence-corrected chi connectivity index (χ2v) is 6.30. The van der Waals surface area contributed by atoms with Gasteiger partial charge in [-0.15, -0.1) is 0 Å². The third-order valence-electron chi connectivity index (χ3n) is 4.58. The second kappa shape index (κ2) is 8.27. The number of urea groups is 1. The number of hydrogen-bond acceptors (Lipinski definition) is 3. The van der Waals surface area contributed by atoms with Crippen LogP contribution < -0.4 is 5.32 Å². The molecule has 0 aliphatic carbocycles. The lowest BCUT2D eigenvalue weighted by molar-refractivity contribution is 0.168. The Morgan fingerprint density at radius 3 is 2.81 bits per heavy atom. The van der Waals surface area contributed by atoms with Crippen LogP contribution in [0.4, 0.5) is 13.6 Å². The smallest absolute Gasteiger partial charge is 0.317 e. The summed E-state index contributed by atoms with van der Waals surface area (Å²) in [6.45, 7) is 2.27. The number of ether oxygens (including phenoxy) is 1. The number of piperidine rings is 1. The fourth-order valence-electron chi connectivity index (χ4n) is 3.08. The first kappa shape index (κ1) is 18.3. The van der Waals surface area contributed by atoms with Gasteiger partial charge in [0.2, 0.25) is 0 Å². The van der Waals surface area contributed by atoms with Gasteiger partial charge in [-0.25, -0.2) is 18.6 Å². The maximum absolute atomic E-state index is 13.4. The molecule has 2 N–H and O–H groups in total. The molecule has 0 bridgehead atoms. The Morgan fingerprint density at radius 2 is 2.12 bits per heavy atom. The van der Waals surface area contributed by atoms with E-state index in [-0.39, 0.29) is 11.9 Å². The third-order valence-corrected chi connectivity index (χ3v) is 4.58. The van der Waals surface area contributed by atoms with Crippen LogP contribution in [0.3, 0.4) is 0 Å². The van der Waals surface area contributed by atoms with Crippen LogP contribution in [0, 0.1) is 11.6 Å². The van der Waals surface area contributed by atoms with Gasteiger partial charge in [0.1, 0.15) is 5.82 Å². The van der Waals surface area contributed by atoms with Crippen molar-refractivity contribution in [2.24, 2.45) is 0 Å². The van der Waals surface area contributed by atoms with E-state index in [0.717, 1.165) is 30.8 Å². The molecule has 2 aromatic rings. The summed E-state index contributed by atoms with van der Waals surface area (Å²) in [5.41, 5.74) is 1.20. The molecule has 0 saturated carbocycles. The minimum atomic E-state index is -0.883. The molecule has 1 aromatic heterocycles. The van der Waals surface area contributed by atoms with Crippen molar-refractivity contribution in [3.8, 4) is 11.3 Å². The molecule has 1 aliphatic rings. The average molecular weight is 364 g/mol. The van der Waals surface area contributed by atoms with Gasteiger partial charge in [0.15, 0.2) is 11.6 Å². The first-order chi connectivity index (χ1) is 12.6. The molecular formula is C18H22F2N4O2. The van der Waals surface area contributed by atoms with Crippen LogP contribution in [-0.2, 0) is 4.74 Å². The highest BCUT2D eigenvalue weighted by atomic mass is 19.2. The highest BCUT2D eigenvalue weighted by Gasteiger charge is 2.25. The van der Waals surface area contributed by atoms with Gasteiger partial charge >= 0.3 is 6.03 Å². The summed E-state index contributed by atoms with van der Waals surface area (Å²) in [5.74, 6) is -0.739. The zero-order chi connectivity index (χ0) is 18.5. The third kappa shape index (κ3) is 4.19. The maximum Gasteiger partial charge on any atom is 0.317 e. The van der Waals surface area contributed by atoms with Crippen molar-refractivity contribution < 1.29 is 18.3 Å². The molecule has 2 amide bonds. The van der Waals surface area contributed by atoms with Crippen LogP contribution in [0.1, 0.15) is 24.6 Å². The summed E-state index contributed by atoms with van der Waals surface area (Å²) < 4.78 is 31.4. The topological polar surface area (TPSA) is 70.2 Å². The van der Waals surface area contributed by atoms with Crippen molar-refractivity contribution in [3.63, 3.8) is 0 Å². The molecule has 140 valence electrons. The first-order valence-corrected chi connectivity index (χ1v) is 8.60. The molecule has 0 radical (unpaired) electrons. The number of rotatable bonds is 5. The molecule has 1 aromatic carbocycles. The van der Waals surface area contributed by atoms with Crippen LogP contribution >= 0.6 is 0 Å². The normalized spacial score (nSPS) is 15.3. The lowest BCUT2D eigenvalue weighted by Crippen LogP contribution is -2.45. The van der Waals surface area contributed by atoms with E-state index in [1.54, 1.807) is 18.2 Å². The van der Waals surface area contributed by atoms with Crippen molar-refractivity contribution in [1.82, 2.24) is 20.2 Å². The Balaban J connectivity index is 1.58. The van der Waals surface area contributed by atoms with E-state index < -0.39 is 11.6 Å². The number of benzene rings is 1. The first-order valence-electron chi connectivity index (χ1n) is 8.60. The van der Waals surface area contributed by atoms with E-state index in [2.05, 4.69) is 15.3 Å². The van der Waals surface area contributed by atoms with Crippen molar-refractivity contribution in [2.75, 3.05) is 33.4 Å². The SMILES string of the molecule is COCCNC(=O)N1CCC(c2ncc(-c3ccc(F)c(F)c3)[nH]2)CC1. The molecule has 1 saturated heterocycles. The molecule has 3 rings (SSSR count). The fourth-order valence-corrected chi connectivity index (χ4v) is 3.08. The van der Waals surface area contributed by atoms with Crippen molar-refractivity contribution >= 4 is 6.03 Å². The Bertz CT molecular complexity index is 757. The molecule has 0 unspecified atom stereocenters. The van der Waals surface area contributed by atoms with E-state index in [1.807, 2.05) is 0 Å². The summed E-state index contributed by atoms with van der Waals surface area (Å²) >= 11 is 0. The van der Waals surface area contributed by atoms with E-state index in [1.165, 1.54) is 6.07 Å². The average Bonchev–Trinajstić information content (AvgIpc) is 3.14. The van der Waals surface area contributed by atoms with Crippen LogP contribution in [-0.4, -0.2) is 54.2 Å². The van der Waals surface area contributed by atoms with Gasteiger partial charge in [-0.3, -0.25) is 0 Å². The monoisotopic (exact) mass is 364 g/mol. The Labute approximate surface area is 150 Å². The molecule has 2 heterocycles. The van der Waals surface area contributed by atoms with Gasteiger partial charge in [-0.05, 0) is 31.0 Å². The zero-order valence-corrected chi connectivity index (χ0v) is 14.6. The second-order valence-electron chi connectivity index (χ2n) is 6.30. The Kier molecular flexibility index (Phi) is 5.82. The highest BCUT2D eigenvalue weighted by molar-refractivity contribution is 5.74. The molecule has 0 spiro atoms. The molecular weight excluding hydrogens is 342 g/mol. The van der Waals surface area contributed by atoms with Gasteiger partial charge in [-0.2, -0.15) is 0 Å². The number of methoxy groups -OCH3 is 1. The number of halogens is 2. The van der Waals surface area contributed by atoms with Crippen LogP contribution in [0.15, 0.2) is 24.4 Å². The lowest BCUT2D eigenvalue weighted by Gasteiger charge is -2.31. The number of aromatic nitrogens is 2. The predicted molar refractivity (Wildman–Crippen MR) is 92.8 cm³/mol. The largest absolute Gasteiger partial charge is 0.383 e. The Hall–Kier alpha value is -2.48. The highest BCUT2D eigenvalue weighted by Crippen LogP contribution is 2.28. The summed E-state index contributed by atoms with van der Waals surface area (Å²) in [4.78, 5) is 21.4. The lowest BCUT2D eigenvalue weighted by atomic mass is 9.96. The number of nitrogens with one attached hydrogen (secondary N) is 2. The van der Waals surface area contributed by atoms with Gasteiger partial charge in [0.25, 0.3) is 0 Å². The molecule has 8 heteroatoms. The minimum absolute atomic E-state index is 0.0811. The molecule has 1 fully saturated rings. The predicted octanol–water partition coefficient (Wildman–Crippen LogP) is 2.89. The molecule has 26 heavy (non-hydrogen) atoms. The number of aromatic amines is 1. The number of H-pyrrole nitrogens is 1. The summed E-state index contributed by atoms with van der Waals surface area (Å²) in [7, 11) is 1.59. The van der Waals surface area contributed by atoms with Crippen molar-refractivity contribution in [3.05, 3.63) is 41.9 Å². The number of carbonyl (C=O) groups is 1. The maximum atomic E-state index is 13.4. The van der Waals surface area contributed by atoms with E-state index in [0.29, 0.717) is 37.5 Å². The summed E-state index contributed by atoms with van der Waals surface area (Å²) in [5, 5.41) is 2.82. The molecule has 6 nitrogen and oxygen atoms in total. The number of amides is 2. The fraction of sp³-hybridized carbons (Fsp3) is 0.444. The van der Waals surface area contributed by atoms with E-state index >= 15 is 0 Å². The van der Waals surface area contributed by atoms with E-state index in [9.17, 15) is 13.6 Å². The number of imidazole rings is 1. The van der Waals surface area contributed by atoms with Gasteiger partial charge < -0.3 is 19.9 Å². The quantitative estimate of drug-likeness (QED) is 0.802. The van der Waals surface area contributed by atoms with Crippen LogP contribution in [0.2, 0.25) is 0 Å². The number of hydrogen-bond donors (Lipinski definition) is 2. The standard InChI is InChI=1S/C18H22F2N4O2/c1-26-9-6-21-18(25)24-7-4-12(5-8-24)17-22-11-16(23-17)13-2-3-14(19)15(20)10-13/h2-3,10-12H,4-9H2,1H3,(H,21,25)(H,22,23). The van der Waals surface area contributed by atoms with Gasteiger partial charge in [0, 0.05) is 38.2 Å². The summed E-state index contributed by atoms with van der Waals surface area (Å²) in [6, 6.07) is 3.69. The number of carbonyl (C=O) groups excluding carboxylic acids is 1. The van der Waals surface area contributed by atoms with E-state index in [4.69, 9.17) is 4.74 Å². The van der Waals surface area contributed by atoms with Gasteiger partial charge in [-0.1, -0.05) is 0 Å². The minimum Gasteiger partial charge on any atom is -0.383 e. The van der Waals surface area contributed by atoms with Crippen LogP contribution in [0.5, 0.6) is 0 Å². The summed E-state index contributed by atoms with van der Waals surface area (Å²) in [6.07, 6.45) is 3.22. The van der Waals surface area contributed by atoms with Crippen molar-refractivity contribution in [1.29, 1.82) is 0 Å². The molecule has 0 atom stereocenters.